The van der Waals surface area contributed by atoms with Crippen LogP contribution in [0.25, 0.3) is 22.4 Å². The zero-order chi connectivity index (χ0) is 17.6. The first-order chi connectivity index (χ1) is 12.0. The van der Waals surface area contributed by atoms with E-state index in [2.05, 4.69) is 10.1 Å². The molecule has 0 spiro atoms. The topological polar surface area (TPSA) is 85.2 Å². The molecule has 0 radical (unpaired) electrons. The molecule has 0 bridgehead atoms. The van der Waals surface area contributed by atoms with Crippen LogP contribution in [0.4, 0.5) is 4.39 Å². The number of carbonyl (C=O) groups is 1. The largest absolute Gasteiger partial charge is 0.337 e. The summed E-state index contributed by atoms with van der Waals surface area (Å²) in [5.74, 6) is -0.447. The third kappa shape index (κ3) is 3.15. The number of nitrogens with zero attached hydrogens (tertiary/aromatic N) is 3. The summed E-state index contributed by atoms with van der Waals surface area (Å²) in [6, 6.07) is 7.66. The van der Waals surface area contributed by atoms with Crippen molar-refractivity contribution >= 4 is 29.4 Å². The average Bonchev–Trinajstić information content (AvgIpc) is 3.20. The Kier molecular flexibility index (Phi) is 4.93. The lowest BCUT2D eigenvalue weighted by atomic mass is 10.0. The predicted molar refractivity (Wildman–Crippen MR) is 97.7 cm³/mol. The zero-order valence-corrected chi connectivity index (χ0v) is 14.9. The number of hydrogen-bond donors (Lipinski definition) is 1. The van der Waals surface area contributed by atoms with Crippen molar-refractivity contribution in [1.82, 2.24) is 15.0 Å². The van der Waals surface area contributed by atoms with E-state index in [4.69, 9.17) is 10.3 Å². The number of hydrogen-bond acceptors (Lipinski definition) is 5. The van der Waals surface area contributed by atoms with Crippen molar-refractivity contribution in [3.63, 3.8) is 0 Å². The second kappa shape index (κ2) is 7.01. The standard InChI is InChI=1S/C18H17FN4O2.ClH/c1-10-16-14(18(24)23-7-6-13(20)9-23)8-15(21-17(16)25-22-10)11-2-4-12(19)5-3-11;/h2-5,8,13H,6-7,9,20H2,1H3;1H/t13-;/m1./s1. The maximum Gasteiger partial charge on any atom is 0.259 e. The van der Waals surface area contributed by atoms with E-state index in [9.17, 15) is 9.18 Å². The van der Waals surface area contributed by atoms with Gasteiger partial charge in [-0.1, -0.05) is 5.16 Å². The minimum Gasteiger partial charge on any atom is -0.337 e. The van der Waals surface area contributed by atoms with Gasteiger partial charge in [0.15, 0.2) is 0 Å². The number of aromatic nitrogens is 2. The molecule has 0 unspecified atom stereocenters. The monoisotopic (exact) mass is 376 g/mol. The molecule has 1 aliphatic heterocycles. The van der Waals surface area contributed by atoms with Gasteiger partial charge in [-0.2, -0.15) is 0 Å². The van der Waals surface area contributed by atoms with Crippen molar-refractivity contribution in [2.45, 2.75) is 19.4 Å². The van der Waals surface area contributed by atoms with Crippen LogP contribution < -0.4 is 5.73 Å². The van der Waals surface area contributed by atoms with E-state index in [0.29, 0.717) is 46.7 Å². The normalized spacial score (nSPS) is 16.7. The smallest absolute Gasteiger partial charge is 0.259 e. The number of likely N-dealkylation sites (tertiary alicyclic amines) is 1. The van der Waals surface area contributed by atoms with Gasteiger partial charge in [-0.25, -0.2) is 9.37 Å². The Morgan fingerprint density at radius 2 is 2.08 bits per heavy atom. The molecule has 2 N–H and O–H groups in total. The van der Waals surface area contributed by atoms with Gasteiger partial charge in [0.25, 0.3) is 11.6 Å². The number of nitrogens with two attached hydrogens (primary N) is 1. The second-order valence-corrected chi connectivity index (χ2v) is 6.31. The summed E-state index contributed by atoms with van der Waals surface area (Å²) in [5.41, 5.74) is 8.55. The summed E-state index contributed by atoms with van der Waals surface area (Å²) in [7, 11) is 0. The third-order valence-electron chi connectivity index (χ3n) is 4.50. The molecule has 6 nitrogen and oxygen atoms in total. The lowest BCUT2D eigenvalue weighted by Gasteiger charge is -2.16. The van der Waals surface area contributed by atoms with Gasteiger partial charge >= 0.3 is 0 Å². The maximum atomic E-state index is 13.2. The van der Waals surface area contributed by atoms with E-state index in [1.165, 1.54) is 12.1 Å². The van der Waals surface area contributed by atoms with Gasteiger partial charge in [-0.3, -0.25) is 4.79 Å². The second-order valence-electron chi connectivity index (χ2n) is 6.31. The predicted octanol–water partition coefficient (Wildman–Crippen LogP) is 2.93. The number of fused-ring (bicyclic) bond motifs is 1. The lowest BCUT2D eigenvalue weighted by Crippen LogP contribution is -2.32. The Balaban J connectivity index is 0.00000196. The van der Waals surface area contributed by atoms with Crippen LogP contribution in [0.1, 0.15) is 22.5 Å². The first kappa shape index (κ1) is 18.3. The molecule has 3 heterocycles. The van der Waals surface area contributed by atoms with Crippen molar-refractivity contribution in [3.05, 3.63) is 47.4 Å². The summed E-state index contributed by atoms with van der Waals surface area (Å²) in [6.45, 7) is 2.93. The number of benzene rings is 1. The van der Waals surface area contributed by atoms with E-state index in [-0.39, 0.29) is 30.2 Å². The van der Waals surface area contributed by atoms with E-state index in [0.717, 1.165) is 6.42 Å². The van der Waals surface area contributed by atoms with Crippen molar-refractivity contribution in [1.29, 1.82) is 0 Å². The Labute approximate surface area is 155 Å². The Bertz CT molecular complexity index is 958. The number of aryl methyl sites for hydroxylation is 1. The average molecular weight is 377 g/mol. The van der Waals surface area contributed by atoms with Crippen molar-refractivity contribution in [2.24, 2.45) is 5.73 Å². The van der Waals surface area contributed by atoms with Gasteiger partial charge in [0, 0.05) is 24.7 Å². The van der Waals surface area contributed by atoms with Gasteiger partial charge < -0.3 is 15.2 Å². The molecular weight excluding hydrogens is 359 g/mol. The summed E-state index contributed by atoms with van der Waals surface area (Å²) in [5, 5.41) is 4.54. The number of amides is 1. The molecule has 1 atom stereocenters. The number of carbonyl (C=O) groups excluding carboxylic acids is 1. The lowest BCUT2D eigenvalue weighted by molar-refractivity contribution is 0.0792. The van der Waals surface area contributed by atoms with Crippen molar-refractivity contribution < 1.29 is 13.7 Å². The van der Waals surface area contributed by atoms with Crippen LogP contribution in [0.3, 0.4) is 0 Å². The quantitative estimate of drug-likeness (QED) is 0.743. The molecule has 3 aromatic rings. The highest BCUT2D eigenvalue weighted by atomic mass is 35.5. The van der Waals surface area contributed by atoms with E-state index in [1.807, 2.05) is 0 Å². The van der Waals surface area contributed by atoms with Gasteiger partial charge in [0.2, 0.25) is 0 Å². The molecule has 136 valence electrons. The fourth-order valence-corrected chi connectivity index (χ4v) is 3.17. The molecular formula is C18H18ClFN4O2. The minimum absolute atomic E-state index is 0. The highest BCUT2D eigenvalue weighted by Crippen LogP contribution is 2.28. The molecule has 1 aromatic carbocycles. The highest BCUT2D eigenvalue weighted by Gasteiger charge is 2.28. The molecule has 1 amide bonds. The van der Waals surface area contributed by atoms with E-state index in [1.54, 1.807) is 30.0 Å². The van der Waals surface area contributed by atoms with Crippen molar-refractivity contribution in [2.75, 3.05) is 13.1 Å². The van der Waals surface area contributed by atoms with E-state index < -0.39 is 0 Å². The Morgan fingerprint density at radius 3 is 2.73 bits per heavy atom. The summed E-state index contributed by atoms with van der Waals surface area (Å²) >= 11 is 0. The summed E-state index contributed by atoms with van der Waals surface area (Å²) in [6.07, 6.45) is 0.785. The molecule has 0 saturated carbocycles. The van der Waals surface area contributed by atoms with Gasteiger partial charge in [0.05, 0.1) is 22.3 Å². The van der Waals surface area contributed by atoms with Crippen LogP contribution in [-0.4, -0.2) is 40.1 Å². The van der Waals surface area contributed by atoms with E-state index >= 15 is 0 Å². The molecule has 26 heavy (non-hydrogen) atoms. The minimum atomic E-state index is -0.331. The number of rotatable bonds is 2. The molecule has 1 aliphatic rings. The maximum absolute atomic E-state index is 13.2. The van der Waals surface area contributed by atoms with Gasteiger partial charge in [0.1, 0.15) is 5.82 Å². The van der Waals surface area contributed by atoms with Crippen LogP contribution >= 0.6 is 12.4 Å². The van der Waals surface area contributed by atoms with Crippen LogP contribution in [0.5, 0.6) is 0 Å². The zero-order valence-electron chi connectivity index (χ0n) is 14.1. The SMILES string of the molecule is Cc1noc2nc(-c3ccc(F)cc3)cc(C(=O)N3CC[C@@H](N)C3)c12.Cl. The molecule has 4 rings (SSSR count). The fraction of sp³-hybridized carbons (Fsp3) is 0.278. The van der Waals surface area contributed by atoms with Gasteiger partial charge in [-0.15, -0.1) is 12.4 Å². The first-order valence-electron chi connectivity index (χ1n) is 8.11. The van der Waals surface area contributed by atoms with Crippen LogP contribution in [-0.2, 0) is 0 Å². The van der Waals surface area contributed by atoms with Crippen molar-refractivity contribution in [3.8, 4) is 11.3 Å². The van der Waals surface area contributed by atoms with Gasteiger partial charge in [-0.05, 0) is 43.7 Å². The molecule has 1 saturated heterocycles. The number of pyridine rings is 1. The van der Waals surface area contributed by atoms with Crippen LogP contribution in [0.15, 0.2) is 34.9 Å². The molecule has 0 aliphatic carbocycles. The Morgan fingerprint density at radius 1 is 1.35 bits per heavy atom. The third-order valence-corrected chi connectivity index (χ3v) is 4.50. The summed E-state index contributed by atoms with van der Waals surface area (Å²) in [4.78, 5) is 19.2. The first-order valence-corrected chi connectivity index (χ1v) is 8.11. The molecule has 1 fully saturated rings. The molecule has 2 aromatic heterocycles. The summed E-state index contributed by atoms with van der Waals surface area (Å²) < 4.78 is 18.5. The Hall–Kier alpha value is -2.51. The van der Waals surface area contributed by atoms with Crippen LogP contribution in [0, 0.1) is 12.7 Å². The van der Waals surface area contributed by atoms with Crippen LogP contribution in [0.2, 0.25) is 0 Å². The molecule has 8 heteroatoms. The fourth-order valence-electron chi connectivity index (χ4n) is 3.17. The number of halogens is 2. The highest BCUT2D eigenvalue weighted by molar-refractivity contribution is 6.07.